The number of nitrogens with one attached hydrogen (secondary N) is 1. The lowest BCUT2D eigenvalue weighted by atomic mass is 9.90. The molecule has 0 radical (unpaired) electrons. The van der Waals surface area contributed by atoms with Gasteiger partial charge >= 0.3 is 6.01 Å². The maximum absolute atomic E-state index is 17.1. The van der Waals surface area contributed by atoms with E-state index >= 15 is 8.78 Å². The second-order valence-electron chi connectivity index (χ2n) is 12.0. The van der Waals surface area contributed by atoms with Crippen molar-refractivity contribution in [2.45, 2.75) is 57.0 Å². The zero-order valence-electron chi connectivity index (χ0n) is 23.8. The third kappa shape index (κ3) is 3.98. The Labute approximate surface area is 246 Å². The number of likely N-dealkylation sites (N-methyl/N-ethyl adjacent to an activating group) is 1. The Morgan fingerprint density at radius 1 is 1.09 bits per heavy atom. The van der Waals surface area contributed by atoms with Gasteiger partial charge in [0.15, 0.2) is 5.82 Å². The van der Waals surface area contributed by atoms with Gasteiger partial charge in [-0.25, -0.2) is 8.78 Å². The summed E-state index contributed by atoms with van der Waals surface area (Å²) in [6.45, 7) is 3.24. The minimum atomic E-state index is -0.719. The molecule has 4 aliphatic heterocycles. The molecule has 6 heterocycles. The number of piperazine rings is 1. The van der Waals surface area contributed by atoms with Crippen LogP contribution in [0.25, 0.3) is 33.0 Å². The molecule has 10 nitrogen and oxygen atoms in total. The first-order chi connectivity index (χ1) is 20.9. The molecule has 0 amide bonds. The van der Waals surface area contributed by atoms with E-state index in [4.69, 9.17) is 24.6 Å². The molecule has 3 atom stereocenters. The number of halogens is 2. The largest absolute Gasteiger partial charge is 0.462 e. The number of hydrogen-bond acceptors (Lipinski definition) is 10. The van der Waals surface area contributed by atoms with E-state index in [2.05, 4.69) is 27.1 Å². The molecule has 0 aliphatic carbocycles. The van der Waals surface area contributed by atoms with E-state index in [1.54, 1.807) is 0 Å². The predicted molar refractivity (Wildman–Crippen MR) is 156 cm³/mol. The van der Waals surface area contributed by atoms with Crippen molar-refractivity contribution < 1.29 is 22.7 Å². The summed E-state index contributed by atoms with van der Waals surface area (Å²) in [4.78, 5) is 14.1. The second-order valence-corrected chi connectivity index (χ2v) is 12.0. The Kier molecular flexibility index (Phi) is 6.18. The number of hydrogen-bond donors (Lipinski definition) is 2. The number of nitrogens with two attached hydrogens (primary N) is 1. The normalized spacial score (nSPS) is 23.4. The number of anilines is 2. The molecule has 222 valence electrons. The molecular weight excluding hydrogens is 556 g/mol. The molecule has 12 heteroatoms. The van der Waals surface area contributed by atoms with Gasteiger partial charge in [0.2, 0.25) is 5.88 Å². The summed E-state index contributed by atoms with van der Waals surface area (Å²) in [5, 5.41) is 14.1. The standard InChI is InChI=1S/C31H31F2N7O3/c1-39-8-2-3-17(39)12-42-31-37-28-25(30(38-31)40-15-4-5-16(40)11-36-10-15)20-14-41-13-19(20)24(27(28)33)26-21(32)6-7-22-23(26)18(9-34)29(35)43-22/h6-7,15-17,36H,2-5,8,10-14,35H2,1H3/t15?,16?,17-/m0/s1. The van der Waals surface area contributed by atoms with Crippen molar-refractivity contribution in [1.82, 2.24) is 20.2 Å². The molecule has 3 saturated heterocycles. The third-order valence-corrected chi connectivity index (χ3v) is 9.65. The van der Waals surface area contributed by atoms with Crippen LogP contribution >= 0.6 is 0 Å². The zero-order chi connectivity index (χ0) is 29.4. The predicted octanol–water partition coefficient (Wildman–Crippen LogP) is 4.22. The van der Waals surface area contributed by atoms with E-state index in [1.807, 2.05) is 6.07 Å². The summed E-state index contributed by atoms with van der Waals surface area (Å²) >= 11 is 0. The molecule has 43 heavy (non-hydrogen) atoms. The van der Waals surface area contributed by atoms with E-state index in [0.29, 0.717) is 28.9 Å². The Bertz CT molecular complexity index is 1820. The summed E-state index contributed by atoms with van der Waals surface area (Å²) in [7, 11) is 2.06. The average molecular weight is 588 g/mol. The SMILES string of the molecule is CN1CCC[C@H]1COc1nc(N2C3CCC2CNC3)c2c3c(c(-c4c(F)ccc5oc(N)c(C#N)c45)c(F)c2n1)COC3. The first-order valence-corrected chi connectivity index (χ1v) is 14.8. The van der Waals surface area contributed by atoms with Crippen molar-refractivity contribution in [3.63, 3.8) is 0 Å². The van der Waals surface area contributed by atoms with Gasteiger partial charge in [-0.3, -0.25) is 0 Å². The molecule has 3 fully saturated rings. The topological polar surface area (TPSA) is 126 Å². The number of ether oxygens (including phenoxy) is 2. The smallest absolute Gasteiger partial charge is 0.319 e. The fourth-order valence-corrected chi connectivity index (χ4v) is 7.53. The zero-order valence-corrected chi connectivity index (χ0v) is 23.8. The summed E-state index contributed by atoms with van der Waals surface area (Å²) in [6.07, 6.45) is 4.08. The van der Waals surface area contributed by atoms with Gasteiger partial charge in [0, 0.05) is 42.3 Å². The van der Waals surface area contributed by atoms with E-state index < -0.39 is 11.6 Å². The fraction of sp³-hybridized carbons (Fsp3) is 0.452. The van der Waals surface area contributed by atoms with Crippen molar-refractivity contribution in [3.05, 3.63) is 40.5 Å². The highest BCUT2D eigenvalue weighted by Gasteiger charge is 2.41. The number of fused-ring (bicyclic) bond motifs is 6. The van der Waals surface area contributed by atoms with Crippen LogP contribution in [-0.4, -0.2) is 66.3 Å². The number of nitrogen functional groups attached to an aromatic ring is 1. The van der Waals surface area contributed by atoms with Crippen LogP contribution in [0.3, 0.4) is 0 Å². The maximum atomic E-state index is 17.1. The van der Waals surface area contributed by atoms with E-state index in [-0.39, 0.29) is 76.4 Å². The molecule has 3 N–H and O–H groups in total. The minimum absolute atomic E-state index is 0.00481. The number of nitriles is 1. The van der Waals surface area contributed by atoms with Crippen molar-refractivity contribution >= 4 is 33.6 Å². The van der Waals surface area contributed by atoms with Gasteiger partial charge in [0.1, 0.15) is 41.0 Å². The Morgan fingerprint density at radius 3 is 2.63 bits per heavy atom. The fourth-order valence-electron chi connectivity index (χ4n) is 7.53. The van der Waals surface area contributed by atoms with Crippen LogP contribution < -0.4 is 20.7 Å². The van der Waals surface area contributed by atoms with E-state index in [0.717, 1.165) is 45.3 Å². The Balaban J connectivity index is 1.39. The first kappa shape index (κ1) is 26.6. The van der Waals surface area contributed by atoms with Crippen LogP contribution in [0, 0.1) is 23.0 Å². The highest BCUT2D eigenvalue weighted by atomic mass is 19.1. The van der Waals surface area contributed by atoms with Crippen molar-refractivity contribution in [3.8, 4) is 23.2 Å². The molecule has 0 saturated carbocycles. The highest BCUT2D eigenvalue weighted by Crippen LogP contribution is 2.48. The molecule has 2 bridgehead atoms. The molecule has 2 unspecified atom stereocenters. The van der Waals surface area contributed by atoms with Gasteiger partial charge in [0.05, 0.1) is 24.0 Å². The van der Waals surface area contributed by atoms with Crippen molar-refractivity contribution in [1.29, 1.82) is 5.26 Å². The molecular formula is C31H31F2N7O3. The van der Waals surface area contributed by atoms with E-state index in [9.17, 15) is 5.26 Å². The lowest BCUT2D eigenvalue weighted by Crippen LogP contribution is -2.52. The summed E-state index contributed by atoms with van der Waals surface area (Å²) in [5.74, 6) is -0.940. The summed E-state index contributed by atoms with van der Waals surface area (Å²) in [6, 6.07) is 5.30. The first-order valence-electron chi connectivity index (χ1n) is 14.8. The number of furan rings is 1. The van der Waals surface area contributed by atoms with Gasteiger partial charge in [-0.1, -0.05) is 0 Å². The maximum Gasteiger partial charge on any atom is 0.319 e. The number of aromatic nitrogens is 2. The highest BCUT2D eigenvalue weighted by molar-refractivity contribution is 6.05. The molecule has 0 spiro atoms. The van der Waals surface area contributed by atoms with Crippen LogP contribution in [0.15, 0.2) is 16.5 Å². The Morgan fingerprint density at radius 2 is 1.88 bits per heavy atom. The molecule has 2 aromatic carbocycles. The van der Waals surface area contributed by atoms with Gasteiger partial charge in [-0.2, -0.15) is 15.2 Å². The number of benzene rings is 2. The number of likely N-dealkylation sites (tertiary alicyclic amines) is 1. The van der Waals surface area contributed by atoms with Crippen molar-refractivity contribution in [2.24, 2.45) is 0 Å². The second kappa shape index (κ2) is 10.0. The molecule has 4 aromatic rings. The summed E-state index contributed by atoms with van der Waals surface area (Å²) in [5.41, 5.74) is 7.30. The van der Waals surface area contributed by atoms with Gasteiger partial charge in [0.25, 0.3) is 0 Å². The molecule has 8 rings (SSSR count). The van der Waals surface area contributed by atoms with Crippen LogP contribution in [-0.2, 0) is 18.0 Å². The van der Waals surface area contributed by atoms with Crippen LogP contribution in [0.2, 0.25) is 0 Å². The molecule has 4 aliphatic rings. The van der Waals surface area contributed by atoms with Gasteiger partial charge < -0.3 is 34.7 Å². The van der Waals surface area contributed by atoms with Crippen LogP contribution in [0.4, 0.5) is 20.5 Å². The van der Waals surface area contributed by atoms with Gasteiger partial charge in [-0.05, 0) is 62.5 Å². The minimum Gasteiger partial charge on any atom is -0.462 e. The van der Waals surface area contributed by atoms with E-state index in [1.165, 1.54) is 12.1 Å². The van der Waals surface area contributed by atoms with Crippen LogP contribution in [0.5, 0.6) is 6.01 Å². The third-order valence-electron chi connectivity index (χ3n) is 9.65. The lowest BCUT2D eigenvalue weighted by molar-refractivity contribution is 0.135. The average Bonchev–Trinajstić information content (AvgIpc) is 3.77. The number of rotatable bonds is 5. The monoisotopic (exact) mass is 587 g/mol. The quantitative estimate of drug-likeness (QED) is 0.351. The summed E-state index contributed by atoms with van der Waals surface area (Å²) < 4.78 is 50.6. The van der Waals surface area contributed by atoms with Crippen molar-refractivity contribution in [2.75, 3.05) is 43.9 Å². The number of nitrogens with zero attached hydrogens (tertiary/aromatic N) is 5. The Hall–Kier alpha value is -4.05. The van der Waals surface area contributed by atoms with Gasteiger partial charge in [-0.15, -0.1) is 0 Å². The van der Waals surface area contributed by atoms with Crippen LogP contribution in [0.1, 0.15) is 42.4 Å². The molecule has 2 aromatic heterocycles. The lowest BCUT2D eigenvalue weighted by Gasteiger charge is -2.37.